The molecule has 2 fully saturated rings. The molecule has 1 saturated heterocycles. The van der Waals surface area contributed by atoms with Crippen molar-refractivity contribution in [1.29, 1.82) is 0 Å². The molecule has 2 aliphatic heterocycles. The molecule has 3 aliphatic rings. The first-order valence-corrected chi connectivity index (χ1v) is 17.7. The van der Waals surface area contributed by atoms with Gasteiger partial charge in [0.15, 0.2) is 17.1 Å². The number of nitrogens with zero attached hydrogens (tertiary/aromatic N) is 8. The minimum absolute atomic E-state index is 0.0749. The molecule has 2 aromatic heterocycles. The molecule has 4 aromatic rings. The van der Waals surface area contributed by atoms with Gasteiger partial charge < -0.3 is 29.1 Å². The number of hydrogen-bond acceptors (Lipinski definition) is 9. The lowest BCUT2D eigenvalue weighted by atomic mass is 9.68. The third kappa shape index (κ3) is 6.25. The Morgan fingerprint density at radius 2 is 1.70 bits per heavy atom. The van der Waals surface area contributed by atoms with Gasteiger partial charge in [0.2, 0.25) is 11.8 Å². The van der Waals surface area contributed by atoms with E-state index in [-0.39, 0.29) is 17.7 Å². The van der Waals surface area contributed by atoms with E-state index in [1.807, 2.05) is 34.8 Å². The van der Waals surface area contributed by atoms with E-state index in [1.54, 1.807) is 20.5 Å². The zero-order chi connectivity index (χ0) is 35.0. The molecule has 0 unspecified atom stereocenters. The number of anilines is 1. The maximum absolute atomic E-state index is 14.0. The Balaban J connectivity index is 1.04. The second-order valence-electron chi connectivity index (χ2n) is 14.2. The third-order valence-corrected chi connectivity index (χ3v) is 10.9. The molecule has 0 radical (unpaired) electrons. The van der Waals surface area contributed by atoms with Crippen molar-refractivity contribution in [2.45, 2.75) is 51.1 Å². The Bertz CT molecular complexity index is 1870. The smallest absolute Gasteiger partial charge is 0.237 e. The number of benzene rings is 2. The number of piperazine rings is 1. The molecule has 2 amide bonds. The van der Waals surface area contributed by atoms with E-state index in [1.165, 1.54) is 16.7 Å². The van der Waals surface area contributed by atoms with Gasteiger partial charge >= 0.3 is 0 Å². The van der Waals surface area contributed by atoms with Crippen LogP contribution in [0.15, 0.2) is 48.9 Å². The van der Waals surface area contributed by atoms with E-state index in [2.05, 4.69) is 68.2 Å². The molecule has 50 heavy (non-hydrogen) atoms. The number of ether oxygens (including phenoxy) is 2. The Labute approximate surface area is 294 Å². The van der Waals surface area contributed by atoms with E-state index in [9.17, 15) is 9.59 Å². The zero-order valence-electron chi connectivity index (χ0n) is 29.9. The normalized spacial score (nSPS) is 20.8. The van der Waals surface area contributed by atoms with Gasteiger partial charge in [-0.05, 0) is 81.9 Å². The van der Waals surface area contributed by atoms with Gasteiger partial charge in [-0.1, -0.05) is 29.8 Å². The van der Waals surface area contributed by atoms with Crippen LogP contribution in [0.1, 0.15) is 47.9 Å². The Hall–Kier alpha value is -4.71. The van der Waals surface area contributed by atoms with Gasteiger partial charge in [-0.25, -0.2) is 14.6 Å². The van der Waals surface area contributed by atoms with Gasteiger partial charge in [-0.15, -0.1) is 0 Å². The van der Waals surface area contributed by atoms with Crippen LogP contribution in [0.2, 0.25) is 0 Å². The number of aryl methyl sites for hydroxylation is 1. The number of hydrogen-bond donors (Lipinski definition) is 0. The van der Waals surface area contributed by atoms with E-state index < -0.39 is 5.54 Å². The van der Waals surface area contributed by atoms with Crippen molar-refractivity contribution in [3.05, 3.63) is 71.2 Å². The van der Waals surface area contributed by atoms with Crippen molar-refractivity contribution >= 4 is 28.7 Å². The van der Waals surface area contributed by atoms with Crippen LogP contribution in [0.5, 0.6) is 11.5 Å². The fourth-order valence-corrected chi connectivity index (χ4v) is 8.38. The molecule has 1 aliphatic carbocycles. The second-order valence-corrected chi connectivity index (χ2v) is 14.2. The van der Waals surface area contributed by atoms with Crippen molar-refractivity contribution in [3.8, 4) is 11.5 Å². The fourth-order valence-electron chi connectivity index (χ4n) is 8.38. The standard InChI is InChI=1S/C38H48N8O4/c1-26-7-6-8-27(19-26)23-46-36-30(22-41-46)35(39-25-40-36)43-15-17-44(18-16-43)37(48)28-9-12-38(13-10-28)31-21-33(50-5)32(49-4)20-29(31)11-14-45(38)34(47)24-42(2)3/h6-8,19-22,25,28H,9-18,23-24H2,1-5H3/t28-,38+. The highest BCUT2D eigenvalue weighted by atomic mass is 16.5. The molecular weight excluding hydrogens is 632 g/mol. The minimum atomic E-state index is -0.474. The predicted octanol–water partition coefficient (Wildman–Crippen LogP) is 3.88. The maximum Gasteiger partial charge on any atom is 0.237 e. The summed E-state index contributed by atoms with van der Waals surface area (Å²) < 4.78 is 13.3. The number of rotatable bonds is 8. The molecule has 1 spiro atoms. The SMILES string of the molecule is COc1cc2c(cc1OC)[C@]1(CC[C@H](C(=O)N3CCN(c4ncnc5c4cnn5Cc4cccc(C)c4)CC3)CC1)N(C(=O)CN(C)C)CC2. The number of fused-ring (bicyclic) bond motifs is 3. The number of likely N-dealkylation sites (N-methyl/N-ethyl adjacent to an activating group) is 1. The summed E-state index contributed by atoms with van der Waals surface area (Å²) in [5, 5.41) is 5.59. The van der Waals surface area contributed by atoms with Gasteiger partial charge in [0.05, 0.1) is 44.4 Å². The van der Waals surface area contributed by atoms with E-state index >= 15 is 0 Å². The average Bonchev–Trinajstić information content (AvgIpc) is 3.53. The van der Waals surface area contributed by atoms with E-state index in [0.29, 0.717) is 57.3 Å². The summed E-state index contributed by atoms with van der Waals surface area (Å²) in [7, 11) is 7.16. The summed E-state index contributed by atoms with van der Waals surface area (Å²) in [6, 6.07) is 12.6. The predicted molar refractivity (Wildman–Crippen MR) is 192 cm³/mol. The maximum atomic E-state index is 14.0. The van der Waals surface area contributed by atoms with Crippen LogP contribution < -0.4 is 14.4 Å². The largest absolute Gasteiger partial charge is 0.493 e. The highest BCUT2D eigenvalue weighted by molar-refractivity contribution is 5.87. The molecule has 0 bridgehead atoms. The van der Waals surface area contributed by atoms with E-state index in [0.717, 1.165) is 54.5 Å². The molecule has 0 atom stereocenters. The van der Waals surface area contributed by atoms with Gasteiger partial charge in [0.25, 0.3) is 0 Å². The van der Waals surface area contributed by atoms with Crippen LogP contribution in [0.4, 0.5) is 5.82 Å². The highest BCUT2D eigenvalue weighted by Gasteiger charge is 2.49. The second kappa shape index (κ2) is 13.9. The Kier molecular flexibility index (Phi) is 9.38. The lowest BCUT2D eigenvalue weighted by Gasteiger charge is -2.52. The quantitative estimate of drug-likeness (QED) is 0.274. The molecule has 0 N–H and O–H groups in total. The summed E-state index contributed by atoms with van der Waals surface area (Å²) in [5.74, 6) is 2.50. The molecule has 12 heteroatoms. The summed E-state index contributed by atoms with van der Waals surface area (Å²) in [6.45, 7) is 6.39. The monoisotopic (exact) mass is 680 g/mol. The zero-order valence-corrected chi connectivity index (χ0v) is 29.9. The molecule has 1 saturated carbocycles. The summed E-state index contributed by atoms with van der Waals surface area (Å²) >= 11 is 0. The molecule has 2 aromatic carbocycles. The first kappa shape index (κ1) is 33.8. The first-order valence-electron chi connectivity index (χ1n) is 17.7. The number of amides is 2. The van der Waals surface area contributed by atoms with Crippen molar-refractivity contribution in [1.82, 2.24) is 34.4 Å². The number of methoxy groups -OCH3 is 2. The van der Waals surface area contributed by atoms with E-state index in [4.69, 9.17) is 9.47 Å². The fraction of sp³-hybridized carbons (Fsp3) is 0.500. The first-order chi connectivity index (χ1) is 24.2. The summed E-state index contributed by atoms with van der Waals surface area (Å²) in [5.41, 5.74) is 5.05. The van der Waals surface area contributed by atoms with Crippen molar-refractivity contribution in [2.24, 2.45) is 5.92 Å². The highest BCUT2D eigenvalue weighted by Crippen LogP contribution is 2.50. The number of aromatic nitrogens is 4. The lowest BCUT2D eigenvalue weighted by Crippen LogP contribution is -2.57. The van der Waals surface area contributed by atoms with Crippen molar-refractivity contribution < 1.29 is 19.1 Å². The number of carbonyl (C=O) groups is 2. The van der Waals surface area contributed by atoms with Gasteiger partial charge in [-0.2, -0.15) is 5.10 Å². The summed E-state index contributed by atoms with van der Waals surface area (Å²) in [4.78, 5) is 45.2. The van der Waals surface area contributed by atoms with Gasteiger partial charge in [0, 0.05) is 38.6 Å². The Morgan fingerprint density at radius 3 is 2.40 bits per heavy atom. The van der Waals surface area contributed by atoms with Crippen molar-refractivity contribution in [2.75, 3.05) is 72.5 Å². The molecule has 4 heterocycles. The number of carbonyl (C=O) groups excluding carboxylic acids is 2. The molecule has 12 nitrogen and oxygen atoms in total. The van der Waals surface area contributed by atoms with Crippen molar-refractivity contribution in [3.63, 3.8) is 0 Å². The Morgan fingerprint density at radius 1 is 0.960 bits per heavy atom. The molecular formula is C38H48N8O4. The van der Waals surface area contributed by atoms with Gasteiger partial charge in [0.1, 0.15) is 12.1 Å². The molecule has 7 rings (SSSR count). The van der Waals surface area contributed by atoms with Crippen LogP contribution in [-0.2, 0) is 28.1 Å². The minimum Gasteiger partial charge on any atom is -0.493 e. The average molecular weight is 681 g/mol. The van der Waals surface area contributed by atoms with Crippen LogP contribution in [-0.4, -0.2) is 114 Å². The van der Waals surface area contributed by atoms with Crippen LogP contribution in [0.25, 0.3) is 11.0 Å². The van der Waals surface area contributed by atoms with Crippen LogP contribution in [0, 0.1) is 12.8 Å². The molecule has 264 valence electrons. The third-order valence-electron chi connectivity index (χ3n) is 10.9. The topological polar surface area (TPSA) is 109 Å². The summed E-state index contributed by atoms with van der Waals surface area (Å²) in [6.07, 6.45) is 7.15. The lowest BCUT2D eigenvalue weighted by molar-refractivity contribution is -0.144. The van der Waals surface area contributed by atoms with Crippen LogP contribution >= 0.6 is 0 Å². The van der Waals surface area contributed by atoms with Gasteiger partial charge in [-0.3, -0.25) is 9.59 Å². The van der Waals surface area contributed by atoms with Crippen LogP contribution in [0.3, 0.4) is 0 Å².